The van der Waals surface area contributed by atoms with Crippen molar-refractivity contribution in [3.8, 4) is 0 Å². The molecular formula is C17H23NO3. The second-order valence-corrected chi connectivity index (χ2v) is 6.51. The molecule has 0 fully saturated rings. The molecule has 1 aliphatic heterocycles. The SMILES string of the molecule is CC(=O)N1CC(CCC(=O)OC(C)(C)C)c2ccccc21. The Bertz CT molecular complexity index is 545. The van der Waals surface area contributed by atoms with Crippen LogP contribution in [-0.4, -0.2) is 24.0 Å². The molecule has 0 aromatic heterocycles. The van der Waals surface area contributed by atoms with E-state index >= 15 is 0 Å². The molecule has 0 spiro atoms. The van der Waals surface area contributed by atoms with Gasteiger partial charge in [-0.25, -0.2) is 0 Å². The van der Waals surface area contributed by atoms with E-state index in [-0.39, 0.29) is 17.8 Å². The van der Waals surface area contributed by atoms with E-state index in [2.05, 4.69) is 0 Å². The van der Waals surface area contributed by atoms with Gasteiger partial charge in [0.1, 0.15) is 5.60 Å². The zero-order chi connectivity index (χ0) is 15.6. The van der Waals surface area contributed by atoms with Gasteiger partial charge < -0.3 is 9.64 Å². The quantitative estimate of drug-likeness (QED) is 0.802. The number of para-hydroxylation sites is 1. The van der Waals surface area contributed by atoms with E-state index < -0.39 is 5.60 Å². The largest absolute Gasteiger partial charge is 0.460 e. The average Bonchev–Trinajstić information content (AvgIpc) is 2.73. The maximum absolute atomic E-state index is 11.8. The molecule has 21 heavy (non-hydrogen) atoms. The summed E-state index contributed by atoms with van der Waals surface area (Å²) in [5.74, 6) is 0.0705. The van der Waals surface area contributed by atoms with Crippen molar-refractivity contribution in [2.45, 2.75) is 52.1 Å². The van der Waals surface area contributed by atoms with Gasteiger partial charge in [0.15, 0.2) is 0 Å². The van der Waals surface area contributed by atoms with Crippen LogP contribution in [0.4, 0.5) is 5.69 Å². The maximum Gasteiger partial charge on any atom is 0.306 e. The minimum atomic E-state index is -0.448. The highest BCUT2D eigenvalue weighted by Gasteiger charge is 2.31. The zero-order valence-corrected chi connectivity index (χ0v) is 13.2. The molecule has 4 nitrogen and oxygen atoms in total. The number of anilines is 1. The third-order valence-electron chi connectivity index (χ3n) is 3.57. The van der Waals surface area contributed by atoms with Gasteiger partial charge in [0.25, 0.3) is 0 Å². The summed E-state index contributed by atoms with van der Waals surface area (Å²) in [5, 5.41) is 0. The van der Waals surface area contributed by atoms with Crippen molar-refractivity contribution in [2.75, 3.05) is 11.4 Å². The molecule has 0 bridgehead atoms. The van der Waals surface area contributed by atoms with E-state index in [1.807, 2.05) is 45.0 Å². The highest BCUT2D eigenvalue weighted by Crippen LogP contribution is 2.38. The lowest BCUT2D eigenvalue weighted by molar-refractivity contribution is -0.155. The number of benzene rings is 1. The van der Waals surface area contributed by atoms with E-state index in [0.717, 1.165) is 11.3 Å². The maximum atomic E-state index is 11.8. The fraction of sp³-hybridized carbons (Fsp3) is 0.529. The predicted octanol–water partition coefficient (Wildman–Crippen LogP) is 3.26. The lowest BCUT2D eigenvalue weighted by Crippen LogP contribution is -2.27. The minimum Gasteiger partial charge on any atom is -0.460 e. The number of ether oxygens (including phenoxy) is 1. The number of hydrogen-bond acceptors (Lipinski definition) is 3. The standard InChI is InChI=1S/C17H23NO3/c1-12(19)18-11-13(14-7-5-6-8-15(14)18)9-10-16(20)21-17(2,3)4/h5-8,13H,9-11H2,1-4H3. The summed E-state index contributed by atoms with van der Waals surface area (Å²) in [5.41, 5.74) is 1.67. The summed E-state index contributed by atoms with van der Waals surface area (Å²) in [7, 11) is 0. The normalized spacial score (nSPS) is 17.5. The number of rotatable bonds is 3. The summed E-state index contributed by atoms with van der Waals surface area (Å²) < 4.78 is 5.34. The smallest absolute Gasteiger partial charge is 0.306 e. The van der Waals surface area contributed by atoms with Crippen molar-refractivity contribution in [3.05, 3.63) is 29.8 Å². The van der Waals surface area contributed by atoms with Crippen LogP contribution in [0.3, 0.4) is 0 Å². The molecule has 1 aliphatic rings. The van der Waals surface area contributed by atoms with Crippen LogP contribution in [0, 0.1) is 0 Å². The third-order valence-corrected chi connectivity index (χ3v) is 3.57. The summed E-state index contributed by atoms with van der Waals surface area (Å²) in [6.45, 7) is 7.83. The lowest BCUT2D eigenvalue weighted by Gasteiger charge is -2.20. The molecular weight excluding hydrogens is 266 g/mol. The number of hydrogen-bond donors (Lipinski definition) is 0. The van der Waals surface area contributed by atoms with E-state index in [1.165, 1.54) is 0 Å². The summed E-state index contributed by atoms with van der Waals surface area (Å²) in [6.07, 6.45) is 1.08. The van der Waals surface area contributed by atoms with E-state index in [4.69, 9.17) is 4.74 Å². The van der Waals surface area contributed by atoms with Crippen molar-refractivity contribution in [1.82, 2.24) is 0 Å². The zero-order valence-electron chi connectivity index (χ0n) is 13.2. The van der Waals surface area contributed by atoms with E-state index in [0.29, 0.717) is 19.4 Å². The Hall–Kier alpha value is -1.84. The fourth-order valence-corrected chi connectivity index (χ4v) is 2.73. The summed E-state index contributed by atoms with van der Waals surface area (Å²) >= 11 is 0. The second kappa shape index (κ2) is 5.88. The molecule has 1 atom stereocenters. The van der Waals surface area contributed by atoms with Gasteiger partial charge in [0.05, 0.1) is 0 Å². The topological polar surface area (TPSA) is 46.6 Å². The third kappa shape index (κ3) is 3.84. The first kappa shape index (κ1) is 15.5. The number of carbonyl (C=O) groups excluding carboxylic acids is 2. The van der Waals surface area contributed by atoms with Crippen LogP contribution in [0.1, 0.15) is 52.0 Å². The number of fused-ring (bicyclic) bond motifs is 1. The minimum absolute atomic E-state index is 0.0437. The van der Waals surface area contributed by atoms with Crippen molar-refractivity contribution in [2.24, 2.45) is 0 Å². The number of nitrogens with zero attached hydrogens (tertiary/aromatic N) is 1. The van der Waals surface area contributed by atoms with Crippen molar-refractivity contribution in [1.29, 1.82) is 0 Å². The van der Waals surface area contributed by atoms with Crippen molar-refractivity contribution >= 4 is 17.6 Å². The average molecular weight is 289 g/mol. The molecule has 114 valence electrons. The molecule has 1 aromatic carbocycles. The molecule has 0 N–H and O–H groups in total. The van der Waals surface area contributed by atoms with E-state index in [9.17, 15) is 9.59 Å². The Morgan fingerprint density at radius 1 is 1.29 bits per heavy atom. The van der Waals surface area contributed by atoms with Gasteiger partial charge in [-0.2, -0.15) is 0 Å². The van der Waals surface area contributed by atoms with Gasteiger partial charge in [-0.05, 0) is 38.8 Å². The van der Waals surface area contributed by atoms with E-state index in [1.54, 1.807) is 11.8 Å². The van der Waals surface area contributed by atoms with Crippen LogP contribution in [0.25, 0.3) is 0 Å². The molecule has 1 unspecified atom stereocenters. The van der Waals surface area contributed by atoms with Gasteiger partial charge in [0, 0.05) is 31.5 Å². The molecule has 0 aliphatic carbocycles. The first-order valence-corrected chi connectivity index (χ1v) is 7.37. The molecule has 1 aromatic rings. The summed E-state index contributed by atoms with van der Waals surface area (Å²) in [4.78, 5) is 25.3. The number of amides is 1. The first-order chi connectivity index (χ1) is 9.78. The van der Waals surface area contributed by atoms with Crippen LogP contribution in [0.5, 0.6) is 0 Å². The Balaban J connectivity index is 2.03. The van der Waals surface area contributed by atoms with Crippen LogP contribution in [0.2, 0.25) is 0 Å². The lowest BCUT2D eigenvalue weighted by atomic mass is 9.96. The van der Waals surface area contributed by atoms with Gasteiger partial charge in [-0.15, -0.1) is 0 Å². The fourth-order valence-electron chi connectivity index (χ4n) is 2.73. The molecule has 4 heteroatoms. The molecule has 1 heterocycles. The Labute approximate surface area is 126 Å². The first-order valence-electron chi connectivity index (χ1n) is 7.37. The second-order valence-electron chi connectivity index (χ2n) is 6.51. The van der Waals surface area contributed by atoms with Crippen molar-refractivity contribution in [3.63, 3.8) is 0 Å². The predicted molar refractivity (Wildman–Crippen MR) is 82.3 cm³/mol. The van der Waals surface area contributed by atoms with Gasteiger partial charge >= 0.3 is 5.97 Å². The van der Waals surface area contributed by atoms with Crippen LogP contribution < -0.4 is 4.90 Å². The van der Waals surface area contributed by atoms with Crippen molar-refractivity contribution < 1.29 is 14.3 Å². The monoisotopic (exact) mass is 289 g/mol. The van der Waals surface area contributed by atoms with Gasteiger partial charge in [-0.1, -0.05) is 18.2 Å². The molecule has 0 saturated carbocycles. The van der Waals surface area contributed by atoms with Gasteiger partial charge in [-0.3, -0.25) is 9.59 Å². The van der Waals surface area contributed by atoms with Crippen LogP contribution >= 0.6 is 0 Å². The summed E-state index contributed by atoms with van der Waals surface area (Å²) in [6, 6.07) is 7.91. The molecule has 1 amide bonds. The Morgan fingerprint density at radius 2 is 1.95 bits per heavy atom. The number of esters is 1. The van der Waals surface area contributed by atoms with Crippen LogP contribution in [-0.2, 0) is 14.3 Å². The molecule has 2 rings (SSSR count). The van der Waals surface area contributed by atoms with Crippen LogP contribution in [0.15, 0.2) is 24.3 Å². The highest BCUT2D eigenvalue weighted by molar-refractivity contribution is 5.94. The highest BCUT2D eigenvalue weighted by atomic mass is 16.6. The number of carbonyl (C=O) groups is 2. The molecule has 0 radical (unpaired) electrons. The molecule has 0 saturated heterocycles. The van der Waals surface area contributed by atoms with Gasteiger partial charge in [0.2, 0.25) is 5.91 Å². The Morgan fingerprint density at radius 3 is 2.57 bits per heavy atom. The Kier molecular flexibility index (Phi) is 4.35.